The number of unbranched alkanes of at least 4 members (excludes halogenated alkanes) is 1. The molecule has 0 fully saturated rings. The van der Waals surface area contributed by atoms with E-state index in [1.54, 1.807) is 0 Å². The summed E-state index contributed by atoms with van der Waals surface area (Å²) in [6.07, 6.45) is 5.21. The van der Waals surface area contributed by atoms with Crippen molar-refractivity contribution in [3.8, 4) is 0 Å². The van der Waals surface area contributed by atoms with E-state index in [1.807, 2.05) is 0 Å². The summed E-state index contributed by atoms with van der Waals surface area (Å²) in [5.74, 6) is 0.704. The maximum absolute atomic E-state index is 3.99. The van der Waals surface area contributed by atoms with E-state index in [0.717, 1.165) is 0 Å². The Morgan fingerprint density at radius 1 is 1.33 bits per heavy atom. The topological polar surface area (TPSA) is 0 Å². The van der Waals surface area contributed by atoms with Crippen molar-refractivity contribution in [2.24, 2.45) is 5.92 Å². The molecule has 1 radical (unpaired) electrons. The molecule has 0 aromatic carbocycles. The van der Waals surface area contributed by atoms with E-state index >= 15 is 0 Å². The number of hydrogen-bond donors (Lipinski definition) is 0. The minimum absolute atomic E-state index is 0. The van der Waals surface area contributed by atoms with Crippen LogP contribution in [0.2, 0.25) is 0 Å². The number of hydrogen-bond acceptors (Lipinski definition) is 0. The summed E-state index contributed by atoms with van der Waals surface area (Å²) in [7, 11) is 0. The van der Waals surface area contributed by atoms with E-state index in [9.17, 15) is 0 Å². The van der Waals surface area contributed by atoms with Gasteiger partial charge in [0.25, 0.3) is 0 Å². The summed E-state index contributed by atoms with van der Waals surface area (Å²) in [6, 6.07) is 0. The normalized spacial score (nSPS) is 12.3. The van der Waals surface area contributed by atoms with Crippen molar-refractivity contribution in [3.63, 3.8) is 0 Å². The Morgan fingerprint density at radius 3 is 2.22 bits per heavy atom. The minimum atomic E-state index is 0. The third-order valence-corrected chi connectivity index (χ3v) is 1.54. The van der Waals surface area contributed by atoms with Gasteiger partial charge in [0, 0.05) is 0 Å². The molecule has 0 saturated heterocycles. The first-order valence-electron chi connectivity index (χ1n) is 3.64. The van der Waals surface area contributed by atoms with Crippen LogP contribution in [-0.4, -0.2) is 29.6 Å². The third kappa shape index (κ3) is 9.00. The fourth-order valence-corrected chi connectivity index (χ4v) is 0.697. The fraction of sp³-hybridized carbons (Fsp3) is 0.875. The third-order valence-electron chi connectivity index (χ3n) is 1.54. The monoisotopic (exact) mass is 137 g/mol. The molecule has 1 unspecified atom stereocenters. The maximum atomic E-state index is 3.99. The summed E-state index contributed by atoms with van der Waals surface area (Å²) in [5, 5.41) is 0. The van der Waals surface area contributed by atoms with E-state index in [-0.39, 0.29) is 29.6 Å². The molecule has 0 amide bonds. The second-order valence-corrected chi connectivity index (χ2v) is 2.42. The molecule has 1 heteroatoms. The zero-order valence-corrected chi connectivity index (χ0v) is 6.11. The van der Waals surface area contributed by atoms with Gasteiger partial charge in [-0.3, -0.25) is 0 Å². The Hall–Kier alpha value is 1.00. The molecule has 1 atom stereocenters. The molecule has 0 aromatic rings. The van der Waals surface area contributed by atoms with E-state index < -0.39 is 0 Å². The van der Waals surface area contributed by atoms with Gasteiger partial charge in [0.1, 0.15) is 0 Å². The summed E-state index contributed by atoms with van der Waals surface area (Å²) in [5.41, 5.74) is 0. The van der Waals surface area contributed by atoms with Crippen LogP contribution in [0.1, 0.15) is 39.5 Å². The molecule has 51 valence electrons. The van der Waals surface area contributed by atoms with Gasteiger partial charge in [-0.25, -0.2) is 0 Å². The van der Waals surface area contributed by atoms with Crippen molar-refractivity contribution < 1.29 is 0 Å². The summed E-state index contributed by atoms with van der Waals surface area (Å²) >= 11 is 0. The summed E-state index contributed by atoms with van der Waals surface area (Å²) in [4.78, 5) is 0. The van der Waals surface area contributed by atoms with Gasteiger partial charge >= 0.3 is 29.6 Å². The van der Waals surface area contributed by atoms with Crippen LogP contribution in [0.25, 0.3) is 0 Å². The van der Waals surface area contributed by atoms with Crippen LogP contribution in [-0.2, 0) is 0 Å². The Labute approximate surface area is 81.7 Å². The second-order valence-electron chi connectivity index (χ2n) is 2.42. The second kappa shape index (κ2) is 9.00. The van der Waals surface area contributed by atoms with Crippen LogP contribution in [0.5, 0.6) is 0 Å². The quantitative estimate of drug-likeness (QED) is 0.522. The van der Waals surface area contributed by atoms with Crippen molar-refractivity contribution in [3.05, 3.63) is 6.92 Å². The van der Waals surface area contributed by atoms with Crippen molar-refractivity contribution in [1.82, 2.24) is 0 Å². The first-order chi connectivity index (χ1) is 3.81. The van der Waals surface area contributed by atoms with E-state index in [1.165, 1.54) is 25.7 Å². The average Bonchev–Trinajstić information content (AvgIpc) is 1.83. The van der Waals surface area contributed by atoms with Crippen molar-refractivity contribution in [2.45, 2.75) is 39.5 Å². The first-order valence-corrected chi connectivity index (χ1v) is 3.64. The molecule has 9 heavy (non-hydrogen) atoms. The molecule has 0 aliphatic heterocycles. The molecule has 0 nitrogen and oxygen atoms in total. The molecule has 0 heterocycles. The van der Waals surface area contributed by atoms with Crippen LogP contribution in [0.15, 0.2) is 0 Å². The molecule has 0 aliphatic rings. The van der Waals surface area contributed by atoms with Gasteiger partial charge in [-0.05, 0) is 5.92 Å². The summed E-state index contributed by atoms with van der Waals surface area (Å²) < 4.78 is 0. The molecule has 0 N–H and O–H groups in total. The van der Waals surface area contributed by atoms with Crippen molar-refractivity contribution in [2.75, 3.05) is 0 Å². The Kier molecular flexibility index (Phi) is 12.7. The molecule has 0 saturated carbocycles. The Bertz CT molecular complexity index is 43.8. The standard InChI is InChI=1S/C8H17.Na.H/c1-4-6-7-8(3)5-2;;/h8H,3-7H2,1-2H3;;. The predicted octanol–water partition coefficient (Wildman–Crippen LogP) is 2.39. The van der Waals surface area contributed by atoms with Gasteiger partial charge in [0.2, 0.25) is 0 Å². The molecule has 0 spiro atoms. The molecule has 0 aliphatic carbocycles. The van der Waals surface area contributed by atoms with Gasteiger partial charge in [-0.2, -0.15) is 0 Å². The zero-order chi connectivity index (χ0) is 6.41. The van der Waals surface area contributed by atoms with Gasteiger partial charge in [-0.15, -0.1) is 0 Å². The van der Waals surface area contributed by atoms with E-state index in [0.29, 0.717) is 5.92 Å². The van der Waals surface area contributed by atoms with Gasteiger partial charge in [0.15, 0.2) is 0 Å². The van der Waals surface area contributed by atoms with Crippen LogP contribution >= 0.6 is 0 Å². The van der Waals surface area contributed by atoms with Gasteiger partial charge in [-0.1, -0.05) is 46.5 Å². The van der Waals surface area contributed by atoms with Gasteiger partial charge in [0.05, 0.1) is 0 Å². The molecule has 0 rings (SSSR count). The van der Waals surface area contributed by atoms with Crippen molar-refractivity contribution in [1.29, 1.82) is 0 Å². The predicted molar refractivity (Wildman–Crippen MR) is 45.8 cm³/mol. The number of rotatable bonds is 4. The molecule has 0 aromatic heterocycles. The Morgan fingerprint density at radius 2 is 1.89 bits per heavy atom. The van der Waals surface area contributed by atoms with Crippen LogP contribution in [0.3, 0.4) is 0 Å². The van der Waals surface area contributed by atoms with Crippen LogP contribution < -0.4 is 0 Å². The molecule has 0 bridgehead atoms. The summed E-state index contributed by atoms with van der Waals surface area (Å²) in [6.45, 7) is 8.42. The van der Waals surface area contributed by atoms with Crippen molar-refractivity contribution >= 4 is 29.6 Å². The SMILES string of the molecule is [CH2]C(CC)CCCC.[NaH]. The first kappa shape index (κ1) is 12.7. The average molecular weight is 137 g/mol. The Balaban J connectivity index is 0. The molecular formula is C8H18Na. The van der Waals surface area contributed by atoms with Gasteiger partial charge < -0.3 is 0 Å². The van der Waals surface area contributed by atoms with E-state index in [2.05, 4.69) is 20.8 Å². The molecular weight excluding hydrogens is 119 g/mol. The zero-order valence-electron chi connectivity index (χ0n) is 6.11. The van der Waals surface area contributed by atoms with Crippen LogP contribution in [0, 0.1) is 12.8 Å². The van der Waals surface area contributed by atoms with Crippen LogP contribution in [0.4, 0.5) is 0 Å². The fourth-order valence-electron chi connectivity index (χ4n) is 0.697. The van der Waals surface area contributed by atoms with E-state index in [4.69, 9.17) is 0 Å².